The third-order valence-corrected chi connectivity index (χ3v) is 61.2. The lowest BCUT2D eigenvalue weighted by Crippen LogP contribution is -1.94. The van der Waals surface area contributed by atoms with Gasteiger partial charge < -0.3 is 10.3 Å². The summed E-state index contributed by atoms with van der Waals surface area (Å²) in [5, 5.41) is 2.56. The van der Waals surface area contributed by atoms with Crippen molar-refractivity contribution in [2.24, 2.45) is 0 Å². The third-order valence-electron chi connectivity index (χ3n) is 5.62. The number of rotatable bonds is 2. The zero-order valence-electron chi connectivity index (χ0n) is 25.7. The first-order chi connectivity index (χ1) is 26.7. The van der Waals surface area contributed by atoms with Crippen molar-refractivity contribution in [3.05, 3.63) is 97.1 Å². The van der Waals surface area contributed by atoms with Gasteiger partial charge in [-0.1, -0.05) is 60.7 Å². The van der Waals surface area contributed by atoms with E-state index in [0.29, 0.717) is 0 Å². The quantitative estimate of drug-likeness (QED) is 0.222. The Morgan fingerprint density at radius 2 is 0.704 bits per heavy atom. The molecule has 5 rings (SSSR count). The van der Waals surface area contributed by atoms with Crippen LogP contribution < -0.4 is 5.73 Å². The van der Waals surface area contributed by atoms with Crippen LogP contribution in [0.5, 0.6) is 0 Å². The highest BCUT2D eigenvalue weighted by Gasteiger charge is 2.11. The van der Waals surface area contributed by atoms with Crippen LogP contribution in [0.4, 0.5) is 5.69 Å². The molecule has 5 aromatic rings. The first-order valence-electron chi connectivity index (χ1n) is 13.3. The molecule has 0 radical (unpaired) electrons. The fraction of sp³-hybridized carbons (Fsp3) is 0. The maximum absolute atomic E-state index is 5.83. The number of nitrogen functional groups attached to an aromatic ring is 1. The monoisotopic (exact) mass is 1230 g/mol. The van der Waals surface area contributed by atoms with E-state index in [-0.39, 0.29) is 0 Å². The van der Waals surface area contributed by atoms with Gasteiger partial charge in [-0.15, -0.1) is 0 Å². The molecule has 0 saturated carbocycles. The molecule has 1 aromatic heterocycles. The predicted octanol–water partition coefficient (Wildman–Crippen LogP) is 5.97. The van der Waals surface area contributed by atoms with Gasteiger partial charge in [0.15, 0.2) is 0 Å². The summed E-state index contributed by atoms with van der Waals surface area (Å²) in [5.74, 6) is 0. The highest BCUT2D eigenvalue weighted by Crippen LogP contribution is 2.33. The molecule has 0 amide bonds. The van der Waals surface area contributed by atoms with Gasteiger partial charge in [0.1, 0.15) is 0 Å². The molecular formula is C24H18N2S28. The molecule has 54 heavy (non-hydrogen) atoms. The van der Waals surface area contributed by atoms with Gasteiger partial charge in [0.25, 0.3) is 0 Å². The second kappa shape index (κ2) is 32.4. The summed E-state index contributed by atoms with van der Waals surface area (Å²) in [6, 6.07) is 33.9. The standard InChI is InChI=1S/C24H18N2.S28/c25-19-14-12-17(13-15-19)18-6-5-7-20(16-18)26-23-10-3-1-8-21(23)22-9-2-4-11-24(22)26;1-3-5-7-9-11-13-15-17-19-21-23-25-27-28-26-24-22-20-18-16-14-12-10-8-6-4-2/h1-16H,25H2;. The third kappa shape index (κ3) is 19.6. The number of para-hydroxylation sites is 2. The minimum Gasteiger partial charge on any atom is -0.399 e. The molecule has 2 nitrogen and oxygen atoms in total. The normalized spacial score (nSPS) is 9.33. The van der Waals surface area contributed by atoms with E-state index >= 15 is 0 Å². The summed E-state index contributed by atoms with van der Waals surface area (Å²) >= 11 is 9.56. The number of hydrogen-bond donors (Lipinski definition) is 1. The van der Waals surface area contributed by atoms with Crippen LogP contribution in [0.3, 0.4) is 0 Å². The molecular weight excluding hydrogens is 1210 g/mol. The first kappa shape index (κ1) is 49.3. The summed E-state index contributed by atoms with van der Waals surface area (Å²) in [4.78, 5) is 0. The zero-order valence-corrected chi connectivity index (χ0v) is 48.6. The Bertz CT molecular complexity index is 3190. The van der Waals surface area contributed by atoms with Crippen LogP contribution in [-0.4, -0.2) is 4.57 Å². The van der Waals surface area contributed by atoms with E-state index in [0.717, 1.165) is 11.4 Å². The van der Waals surface area contributed by atoms with E-state index in [1.54, 1.807) is 124 Å². The van der Waals surface area contributed by atoms with Crippen LogP contribution in [0.1, 0.15) is 0 Å². The van der Waals surface area contributed by atoms with Crippen LogP contribution in [0.25, 0.3) is 38.6 Å². The number of nitrogens with zero attached hydrogens (tertiary/aromatic N) is 1. The van der Waals surface area contributed by atoms with Crippen LogP contribution >= 0.6 is 0 Å². The maximum Gasteiger partial charge on any atom is 0.0541 e. The Morgan fingerprint density at radius 1 is 0.352 bits per heavy atom. The Balaban J connectivity index is 0.000000241. The number of nitrogens with two attached hydrogens (primary N) is 1. The van der Waals surface area contributed by atoms with Crippen molar-refractivity contribution in [3.8, 4) is 16.8 Å². The van der Waals surface area contributed by atoms with Gasteiger partial charge in [0.05, 0.1) is 11.0 Å². The molecule has 0 bridgehead atoms. The molecule has 2 N–H and O–H groups in total. The van der Waals surface area contributed by atoms with Crippen molar-refractivity contribution in [3.63, 3.8) is 0 Å². The predicted molar refractivity (Wildman–Crippen MR) is 317 cm³/mol. The molecule has 0 aliphatic carbocycles. The molecule has 0 aliphatic heterocycles. The molecule has 0 aliphatic rings. The summed E-state index contributed by atoms with van der Waals surface area (Å²) in [5.41, 5.74) is 12.6. The van der Waals surface area contributed by atoms with Crippen molar-refractivity contribution >= 4 is 281 Å². The minimum atomic E-state index is 0.785. The van der Waals surface area contributed by atoms with Crippen molar-refractivity contribution in [1.29, 1.82) is 0 Å². The molecule has 0 spiro atoms. The molecule has 0 atom stereocenters. The molecule has 0 unspecified atom stereocenters. The smallest absolute Gasteiger partial charge is 0.0541 e. The Hall–Kier alpha value is 2.64. The van der Waals surface area contributed by atoms with E-state index in [2.05, 4.69) is 89.5 Å². The summed E-state index contributed by atoms with van der Waals surface area (Å²) in [6.07, 6.45) is 0. The molecule has 0 saturated heterocycles. The fourth-order valence-corrected chi connectivity index (χ4v) is 69.8. The van der Waals surface area contributed by atoms with Crippen molar-refractivity contribution < 1.29 is 0 Å². The summed E-state index contributed by atoms with van der Waals surface area (Å²) in [7, 11) is 45.4. The lowest BCUT2D eigenvalue weighted by molar-refractivity contribution is 1.18. The van der Waals surface area contributed by atoms with E-state index in [4.69, 9.17) is 28.1 Å². The highest BCUT2D eigenvalue weighted by molar-refractivity contribution is 8.79. The van der Waals surface area contributed by atoms with Crippen molar-refractivity contribution in [2.45, 2.75) is 0 Å². The topological polar surface area (TPSA) is 30.9 Å². The molecule has 0 fully saturated rings. The Kier molecular flexibility index (Phi) is 29.5. The lowest BCUT2D eigenvalue weighted by Gasteiger charge is -2.10. The fourth-order valence-electron chi connectivity index (χ4n) is 3.97. The lowest BCUT2D eigenvalue weighted by atomic mass is 10.0. The Morgan fingerprint density at radius 3 is 1.07 bits per heavy atom. The van der Waals surface area contributed by atoms with E-state index in [9.17, 15) is 0 Å². The van der Waals surface area contributed by atoms with Gasteiger partial charge in [-0.2, -0.15) is 0 Å². The van der Waals surface area contributed by atoms with Gasteiger partial charge in [0, 0.05) is 275 Å². The van der Waals surface area contributed by atoms with E-state index in [1.807, 2.05) is 101 Å². The van der Waals surface area contributed by atoms with Crippen LogP contribution in [-0.2, 0) is 253 Å². The highest BCUT2D eigenvalue weighted by atomic mass is 33.5. The SMILES string of the molecule is Nc1ccc(-c2cccc(-n3c4ccccc4c4ccccc43)c2)cc1.S=S=S=S=S=S=S=S=S=S=S=S=S=S=S=S=S=S=S=S=S=S=S=S=S=S=S=S. The van der Waals surface area contributed by atoms with Crippen LogP contribution in [0, 0.1) is 0 Å². The van der Waals surface area contributed by atoms with Gasteiger partial charge >= 0.3 is 0 Å². The summed E-state index contributed by atoms with van der Waals surface area (Å²) in [6.45, 7) is 0. The van der Waals surface area contributed by atoms with Gasteiger partial charge in [-0.25, -0.2) is 0 Å². The number of anilines is 1. The first-order valence-corrected chi connectivity index (χ1v) is 49.3. The number of hydrogen-bond acceptors (Lipinski definition) is 3. The van der Waals surface area contributed by atoms with Crippen molar-refractivity contribution in [2.75, 3.05) is 5.73 Å². The second-order valence-electron chi connectivity index (χ2n) is 8.31. The molecule has 30 heteroatoms. The summed E-state index contributed by atoms with van der Waals surface area (Å²) < 4.78 is 2.34. The van der Waals surface area contributed by atoms with Gasteiger partial charge in [-0.3, -0.25) is 0 Å². The van der Waals surface area contributed by atoms with Gasteiger partial charge in [0.2, 0.25) is 0 Å². The molecule has 292 valence electrons. The van der Waals surface area contributed by atoms with E-state index < -0.39 is 0 Å². The van der Waals surface area contributed by atoms with Crippen molar-refractivity contribution in [1.82, 2.24) is 4.57 Å². The average molecular weight is 1230 g/mol. The van der Waals surface area contributed by atoms with E-state index in [1.165, 1.54) is 50.7 Å². The van der Waals surface area contributed by atoms with Gasteiger partial charge in [-0.05, 0) is 47.5 Å². The average Bonchev–Trinajstić information content (AvgIpc) is 3.54. The van der Waals surface area contributed by atoms with Crippen LogP contribution in [0.15, 0.2) is 97.1 Å². The second-order valence-corrected chi connectivity index (χ2v) is 54.3. The zero-order chi connectivity index (χ0) is 37.9. The largest absolute Gasteiger partial charge is 0.399 e. The number of benzene rings is 4. The number of aromatic nitrogens is 1. The van der Waals surface area contributed by atoms with Crippen LogP contribution in [0.2, 0.25) is 0 Å². The maximum atomic E-state index is 5.83. The minimum absolute atomic E-state index is 0.785. The number of fused-ring (bicyclic) bond motifs is 3. The Labute approximate surface area is 396 Å². The molecule has 1 heterocycles. The molecule has 4 aromatic carbocycles.